The van der Waals surface area contributed by atoms with Gasteiger partial charge in [-0.2, -0.15) is 0 Å². The molecule has 2 unspecified atom stereocenters. The molecule has 1 saturated carbocycles. The van der Waals surface area contributed by atoms with E-state index in [-0.39, 0.29) is 35.9 Å². The van der Waals surface area contributed by atoms with Crippen molar-refractivity contribution in [3.05, 3.63) is 0 Å². The normalized spacial score (nSPS) is 36.6. The smallest absolute Gasteiger partial charge is 0.188 e. The molecule has 0 aromatic heterocycles. The number of ether oxygens (including phenoxy) is 2. The van der Waals surface area contributed by atoms with Gasteiger partial charge in [-0.05, 0) is 44.7 Å². The van der Waals surface area contributed by atoms with Gasteiger partial charge in [-0.3, -0.25) is 9.89 Å². The van der Waals surface area contributed by atoms with Crippen molar-refractivity contribution >= 4 is 29.9 Å². The zero-order chi connectivity index (χ0) is 17.0. The van der Waals surface area contributed by atoms with E-state index in [1.165, 1.54) is 32.2 Å². The molecule has 3 aliphatic rings. The molecule has 1 aliphatic carbocycles. The fourth-order valence-electron chi connectivity index (χ4n) is 4.18. The van der Waals surface area contributed by atoms with Crippen LogP contribution in [0.15, 0.2) is 4.99 Å². The summed E-state index contributed by atoms with van der Waals surface area (Å²) in [4.78, 5) is 7.01. The molecule has 3 fully saturated rings. The molecule has 146 valence electrons. The average molecular weight is 466 g/mol. The summed E-state index contributed by atoms with van der Waals surface area (Å²) < 4.78 is 12.2. The minimum Gasteiger partial charge on any atom is -0.370 e. The lowest BCUT2D eigenvalue weighted by Crippen LogP contribution is -2.41. The minimum atomic E-state index is -0.323. The van der Waals surface area contributed by atoms with Crippen molar-refractivity contribution in [1.29, 1.82) is 0 Å². The monoisotopic (exact) mass is 466 g/mol. The molecule has 3 rings (SSSR count). The van der Waals surface area contributed by atoms with E-state index in [0.717, 1.165) is 31.8 Å². The van der Waals surface area contributed by atoms with Crippen LogP contribution < -0.4 is 11.1 Å². The molecule has 0 aromatic rings. The lowest BCUT2D eigenvalue weighted by molar-refractivity contribution is -0.191. The van der Waals surface area contributed by atoms with Crippen LogP contribution in [0.1, 0.15) is 52.4 Å². The van der Waals surface area contributed by atoms with Gasteiger partial charge in [0.15, 0.2) is 11.7 Å². The van der Waals surface area contributed by atoms with Crippen molar-refractivity contribution in [2.24, 2.45) is 16.6 Å². The first-order valence-corrected chi connectivity index (χ1v) is 9.70. The first kappa shape index (κ1) is 21.2. The highest BCUT2D eigenvalue weighted by molar-refractivity contribution is 14.0. The molecule has 0 aromatic carbocycles. The number of aliphatic imine (C=N–C) groups is 1. The molecule has 0 amide bonds. The zero-order valence-corrected chi connectivity index (χ0v) is 18.0. The number of nitrogens with zero attached hydrogens (tertiary/aromatic N) is 2. The van der Waals surface area contributed by atoms with Crippen LogP contribution in [0.2, 0.25) is 0 Å². The third-order valence-electron chi connectivity index (χ3n) is 5.84. The summed E-state index contributed by atoms with van der Waals surface area (Å²) in [6, 6.07) is 0.550. The first-order valence-electron chi connectivity index (χ1n) is 9.70. The maximum Gasteiger partial charge on any atom is 0.188 e. The van der Waals surface area contributed by atoms with E-state index in [4.69, 9.17) is 15.2 Å². The van der Waals surface area contributed by atoms with Gasteiger partial charge in [0.2, 0.25) is 0 Å². The lowest BCUT2D eigenvalue weighted by atomic mass is 9.86. The number of likely N-dealkylation sites (tertiary alicyclic amines) is 1. The van der Waals surface area contributed by atoms with E-state index in [9.17, 15) is 0 Å². The third-order valence-corrected chi connectivity index (χ3v) is 5.84. The summed E-state index contributed by atoms with van der Waals surface area (Å²) in [5, 5.41) is 3.22. The predicted octanol–water partition coefficient (Wildman–Crippen LogP) is 2.31. The van der Waals surface area contributed by atoms with Crippen LogP contribution in [0.25, 0.3) is 0 Å². The van der Waals surface area contributed by atoms with Gasteiger partial charge < -0.3 is 20.5 Å². The van der Waals surface area contributed by atoms with Crippen molar-refractivity contribution < 1.29 is 9.47 Å². The average Bonchev–Trinajstić information content (AvgIpc) is 3.21. The van der Waals surface area contributed by atoms with Crippen molar-refractivity contribution in [1.82, 2.24) is 10.2 Å². The highest BCUT2D eigenvalue weighted by Gasteiger charge is 2.43. The maximum atomic E-state index is 6.20. The summed E-state index contributed by atoms with van der Waals surface area (Å²) in [5.41, 5.74) is 6.03. The molecule has 2 saturated heterocycles. The van der Waals surface area contributed by atoms with Gasteiger partial charge >= 0.3 is 0 Å². The summed E-state index contributed by atoms with van der Waals surface area (Å²) >= 11 is 0. The van der Waals surface area contributed by atoms with E-state index < -0.39 is 0 Å². The van der Waals surface area contributed by atoms with E-state index in [0.29, 0.717) is 25.2 Å². The summed E-state index contributed by atoms with van der Waals surface area (Å²) in [7, 11) is 0. The third kappa shape index (κ3) is 5.68. The number of hydrogen-bond acceptors (Lipinski definition) is 4. The molecular weight excluding hydrogens is 431 g/mol. The first-order chi connectivity index (χ1) is 11.6. The zero-order valence-electron chi connectivity index (χ0n) is 15.7. The van der Waals surface area contributed by atoms with E-state index in [1.54, 1.807) is 0 Å². The number of hydrogen-bond donors (Lipinski definition) is 2. The Balaban J connectivity index is 0.00000225. The summed E-state index contributed by atoms with van der Waals surface area (Å²) in [6.45, 7) is 8.93. The highest BCUT2D eigenvalue weighted by Crippen LogP contribution is 2.39. The molecule has 6 nitrogen and oxygen atoms in total. The summed E-state index contributed by atoms with van der Waals surface area (Å²) in [6.07, 6.45) is 7.00. The SMILES string of the molecule is CCN1CCCC1CN=C(N)NCC1COC2(CCC(C)CC2)O1.I. The standard InChI is InChI=1S/C18H34N4O2.HI/c1-3-22-10-4-5-15(22)11-20-17(19)21-12-16-13-23-18(24-16)8-6-14(2)7-9-18;/h14-16H,3-13H2,1-2H3,(H3,19,20,21);1H. The van der Waals surface area contributed by atoms with Gasteiger partial charge in [-0.1, -0.05) is 13.8 Å². The molecule has 0 bridgehead atoms. The van der Waals surface area contributed by atoms with E-state index >= 15 is 0 Å². The number of guanidine groups is 1. The number of rotatable bonds is 5. The van der Waals surface area contributed by atoms with Gasteiger partial charge in [0.25, 0.3) is 0 Å². The van der Waals surface area contributed by atoms with Crippen LogP contribution in [0.4, 0.5) is 0 Å². The van der Waals surface area contributed by atoms with Gasteiger partial charge in [0.1, 0.15) is 6.10 Å². The lowest BCUT2D eigenvalue weighted by Gasteiger charge is -2.34. The molecule has 3 N–H and O–H groups in total. The molecule has 0 radical (unpaired) electrons. The van der Waals surface area contributed by atoms with Crippen LogP contribution >= 0.6 is 24.0 Å². The molecular formula is C18H35IN4O2. The molecule has 2 heterocycles. The van der Waals surface area contributed by atoms with Gasteiger partial charge in [0.05, 0.1) is 13.2 Å². The Bertz CT molecular complexity index is 441. The maximum absolute atomic E-state index is 6.20. The van der Waals surface area contributed by atoms with Gasteiger partial charge in [-0.15, -0.1) is 24.0 Å². The van der Waals surface area contributed by atoms with Crippen LogP contribution in [0, 0.1) is 5.92 Å². The van der Waals surface area contributed by atoms with Crippen LogP contribution in [0.3, 0.4) is 0 Å². The van der Waals surface area contributed by atoms with Crippen LogP contribution in [-0.2, 0) is 9.47 Å². The molecule has 7 heteroatoms. The second-order valence-corrected chi connectivity index (χ2v) is 7.68. The summed E-state index contributed by atoms with van der Waals surface area (Å²) in [5.74, 6) is 0.997. The van der Waals surface area contributed by atoms with Gasteiger partial charge in [-0.25, -0.2) is 0 Å². The number of nitrogens with two attached hydrogens (primary N) is 1. The fourth-order valence-corrected chi connectivity index (χ4v) is 4.18. The van der Waals surface area contributed by atoms with E-state index in [1.807, 2.05) is 0 Å². The van der Waals surface area contributed by atoms with Crippen molar-refractivity contribution in [3.8, 4) is 0 Å². The van der Waals surface area contributed by atoms with Crippen LogP contribution in [-0.4, -0.2) is 61.6 Å². The Hall–Kier alpha value is -0.120. The second kappa shape index (κ2) is 9.71. The Morgan fingerprint density at radius 1 is 1.32 bits per heavy atom. The Kier molecular flexibility index (Phi) is 8.23. The quantitative estimate of drug-likeness (QED) is 0.370. The van der Waals surface area contributed by atoms with E-state index in [2.05, 4.69) is 29.1 Å². The van der Waals surface area contributed by atoms with Crippen molar-refractivity contribution in [2.45, 2.75) is 70.3 Å². The molecule has 2 atom stereocenters. The molecule has 25 heavy (non-hydrogen) atoms. The molecule has 2 aliphatic heterocycles. The van der Waals surface area contributed by atoms with Crippen molar-refractivity contribution in [3.63, 3.8) is 0 Å². The Labute approximate surface area is 169 Å². The van der Waals surface area contributed by atoms with Gasteiger partial charge in [0, 0.05) is 25.4 Å². The number of halogens is 1. The fraction of sp³-hybridized carbons (Fsp3) is 0.944. The second-order valence-electron chi connectivity index (χ2n) is 7.68. The topological polar surface area (TPSA) is 72.1 Å². The minimum absolute atomic E-state index is 0. The molecule has 1 spiro atoms. The van der Waals surface area contributed by atoms with Crippen molar-refractivity contribution in [2.75, 3.05) is 32.8 Å². The largest absolute Gasteiger partial charge is 0.370 e. The highest BCUT2D eigenvalue weighted by atomic mass is 127. The Morgan fingerprint density at radius 3 is 2.80 bits per heavy atom. The number of nitrogens with one attached hydrogen (secondary N) is 1. The predicted molar refractivity (Wildman–Crippen MR) is 111 cm³/mol. The Morgan fingerprint density at radius 2 is 2.08 bits per heavy atom. The number of likely N-dealkylation sites (N-methyl/N-ethyl adjacent to an activating group) is 1. The van der Waals surface area contributed by atoms with Crippen LogP contribution in [0.5, 0.6) is 0 Å².